The molecular formula is C19H25F3. The van der Waals surface area contributed by atoms with Crippen molar-refractivity contribution in [2.45, 2.75) is 46.2 Å². The van der Waals surface area contributed by atoms with E-state index < -0.39 is 11.6 Å². The molecule has 0 radical (unpaired) electrons. The third kappa shape index (κ3) is 4.36. The van der Waals surface area contributed by atoms with Crippen molar-refractivity contribution in [3.05, 3.63) is 71.8 Å². The van der Waals surface area contributed by atoms with Gasteiger partial charge in [0.1, 0.15) is 5.41 Å². The summed E-state index contributed by atoms with van der Waals surface area (Å²) < 4.78 is 40.4. The number of halogens is 3. The van der Waals surface area contributed by atoms with Gasteiger partial charge in [-0.3, -0.25) is 0 Å². The molecule has 0 aliphatic rings. The number of hydrogen-bond acceptors (Lipinski definition) is 0. The van der Waals surface area contributed by atoms with Crippen molar-refractivity contribution in [2.75, 3.05) is 0 Å². The van der Waals surface area contributed by atoms with Gasteiger partial charge in [0.2, 0.25) is 0 Å². The minimum atomic E-state index is -4.34. The average Bonchev–Trinajstić information content (AvgIpc) is 2.58. The van der Waals surface area contributed by atoms with Crippen LogP contribution in [0.5, 0.6) is 0 Å². The average molecular weight is 310 g/mol. The fourth-order valence-corrected chi connectivity index (χ4v) is 2.04. The van der Waals surface area contributed by atoms with E-state index in [2.05, 4.69) is 0 Å². The molecule has 0 saturated heterocycles. The maximum absolute atomic E-state index is 13.5. The molecule has 0 aromatic heterocycles. The van der Waals surface area contributed by atoms with Crippen LogP contribution in [0, 0.1) is 0 Å². The molecule has 3 heteroatoms. The molecule has 0 heterocycles. The molecule has 0 unspecified atom stereocenters. The topological polar surface area (TPSA) is 0 Å². The zero-order chi connectivity index (χ0) is 17.2. The van der Waals surface area contributed by atoms with Crippen LogP contribution in [-0.2, 0) is 5.41 Å². The van der Waals surface area contributed by atoms with Crippen molar-refractivity contribution in [2.24, 2.45) is 0 Å². The number of hydrogen-bond donors (Lipinski definition) is 0. The summed E-state index contributed by atoms with van der Waals surface area (Å²) in [6.45, 7) is 9.22. The molecule has 0 N–H and O–H groups in total. The second kappa shape index (κ2) is 9.29. The molecule has 2 aromatic rings. The minimum Gasteiger partial charge on any atom is -0.170 e. The zero-order valence-corrected chi connectivity index (χ0v) is 13.9. The molecule has 2 aromatic carbocycles. The molecule has 0 fully saturated rings. The van der Waals surface area contributed by atoms with Crippen molar-refractivity contribution >= 4 is 0 Å². The summed E-state index contributed by atoms with van der Waals surface area (Å²) in [4.78, 5) is 0. The van der Waals surface area contributed by atoms with Gasteiger partial charge in [0.05, 0.1) is 0 Å². The van der Waals surface area contributed by atoms with Gasteiger partial charge in [-0.15, -0.1) is 0 Å². The highest BCUT2D eigenvalue weighted by Gasteiger charge is 2.53. The lowest BCUT2D eigenvalue weighted by Crippen LogP contribution is -2.40. The molecule has 0 aliphatic heterocycles. The van der Waals surface area contributed by atoms with E-state index >= 15 is 0 Å². The van der Waals surface area contributed by atoms with Crippen molar-refractivity contribution in [3.63, 3.8) is 0 Å². The Balaban J connectivity index is 0.00000102. The quantitative estimate of drug-likeness (QED) is 0.585. The maximum Gasteiger partial charge on any atom is 0.402 e. The van der Waals surface area contributed by atoms with E-state index in [1.807, 2.05) is 27.7 Å². The molecule has 0 saturated carbocycles. The summed E-state index contributed by atoms with van der Waals surface area (Å²) in [5.41, 5.74) is -1.47. The highest BCUT2D eigenvalue weighted by molar-refractivity contribution is 5.40. The van der Waals surface area contributed by atoms with Crippen LogP contribution in [0.2, 0.25) is 0 Å². The lowest BCUT2D eigenvalue weighted by atomic mass is 9.75. The lowest BCUT2D eigenvalue weighted by Gasteiger charge is -2.33. The number of alkyl halides is 3. The molecule has 0 spiro atoms. The molecule has 0 atom stereocenters. The van der Waals surface area contributed by atoms with Crippen molar-refractivity contribution in [1.29, 1.82) is 0 Å². The Hall–Kier alpha value is -1.77. The molecule has 122 valence electrons. The Bertz CT molecular complexity index is 462. The standard InChI is InChI=1S/C15H13F3.2C2H6/c1-14(15(16,17)18,12-8-4-2-5-9-12)13-10-6-3-7-11-13;2*1-2/h2-11H,1H3;2*1-2H3. The van der Waals surface area contributed by atoms with Crippen molar-refractivity contribution in [1.82, 2.24) is 0 Å². The summed E-state index contributed by atoms with van der Waals surface area (Å²) in [5, 5.41) is 0. The van der Waals surface area contributed by atoms with Crippen LogP contribution in [0.15, 0.2) is 60.7 Å². The second-order valence-electron chi connectivity index (χ2n) is 4.35. The van der Waals surface area contributed by atoms with E-state index in [0.717, 1.165) is 0 Å². The first kappa shape index (κ1) is 20.2. The van der Waals surface area contributed by atoms with E-state index in [9.17, 15) is 13.2 Å². The summed E-state index contributed by atoms with van der Waals surface area (Å²) in [6, 6.07) is 16.0. The Morgan fingerprint density at radius 2 is 0.864 bits per heavy atom. The molecular weight excluding hydrogens is 285 g/mol. The predicted octanol–water partition coefficient (Wildman–Crippen LogP) is 6.61. The van der Waals surface area contributed by atoms with Gasteiger partial charge in [0.25, 0.3) is 0 Å². The number of rotatable bonds is 2. The van der Waals surface area contributed by atoms with E-state index in [1.165, 1.54) is 31.2 Å². The third-order valence-electron chi connectivity index (χ3n) is 3.27. The highest BCUT2D eigenvalue weighted by Crippen LogP contribution is 2.45. The van der Waals surface area contributed by atoms with Crippen LogP contribution in [0.25, 0.3) is 0 Å². The lowest BCUT2D eigenvalue weighted by molar-refractivity contribution is -0.173. The maximum atomic E-state index is 13.5. The van der Waals surface area contributed by atoms with Gasteiger partial charge in [-0.25, -0.2) is 0 Å². The van der Waals surface area contributed by atoms with Crippen LogP contribution in [-0.4, -0.2) is 6.18 Å². The van der Waals surface area contributed by atoms with Gasteiger partial charge in [0, 0.05) is 0 Å². The summed E-state index contributed by atoms with van der Waals surface area (Å²) in [7, 11) is 0. The van der Waals surface area contributed by atoms with Crippen LogP contribution < -0.4 is 0 Å². The van der Waals surface area contributed by atoms with Gasteiger partial charge in [-0.05, 0) is 18.1 Å². The normalized spacial score (nSPS) is 10.7. The Morgan fingerprint density at radius 3 is 1.09 bits per heavy atom. The van der Waals surface area contributed by atoms with Crippen molar-refractivity contribution in [3.8, 4) is 0 Å². The summed E-state index contributed by atoms with van der Waals surface area (Å²) in [5.74, 6) is 0. The van der Waals surface area contributed by atoms with Gasteiger partial charge in [0.15, 0.2) is 0 Å². The smallest absolute Gasteiger partial charge is 0.170 e. The third-order valence-corrected chi connectivity index (χ3v) is 3.27. The molecule has 0 amide bonds. The van der Waals surface area contributed by atoms with E-state index in [-0.39, 0.29) is 11.1 Å². The van der Waals surface area contributed by atoms with Crippen LogP contribution in [0.3, 0.4) is 0 Å². The molecule has 0 bridgehead atoms. The van der Waals surface area contributed by atoms with E-state index in [1.54, 1.807) is 36.4 Å². The van der Waals surface area contributed by atoms with Gasteiger partial charge in [-0.2, -0.15) is 13.2 Å². The van der Waals surface area contributed by atoms with Crippen LogP contribution in [0.1, 0.15) is 45.7 Å². The predicted molar refractivity (Wildman–Crippen MR) is 88.1 cm³/mol. The first-order valence-electron chi connectivity index (χ1n) is 7.64. The molecule has 22 heavy (non-hydrogen) atoms. The minimum absolute atomic E-state index is 0.253. The Labute approximate surface area is 132 Å². The Kier molecular flexibility index (Phi) is 8.54. The van der Waals surface area contributed by atoms with Crippen LogP contribution in [0.4, 0.5) is 13.2 Å². The first-order valence-corrected chi connectivity index (χ1v) is 7.64. The van der Waals surface area contributed by atoms with E-state index in [4.69, 9.17) is 0 Å². The molecule has 2 rings (SSSR count). The summed E-state index contributed by atoms with van der Waals surface area (Å²) >= 11 is 0. The van der Waals surface area contributed by atoms with Gasteiger partial charge < -0.3 is 0 Å². The van der Waals surface area contributed by atoms with Crippen molar-refractivity contribution < 1.29 is 13.2 Å². The molecule has 0 aliphatic carbocycles. The molecule has 0 nitrogen and oxygen atoms in total. The highest BCUT2D eigenvalue weighted by atomic mass is 19.4. The number of benzene rings is 2. The Morgan fingerprint density at radius 1 is 0.591 bits per heavy atom. The zero-order valence-electron chi connectivity index (χ0n) is 13.9. The second-order valence-corrected chi connectivity index (χ2v) is 4.35. The monoisotopic (exact) mass is 310 g/mol. The first-order chi connectivity index (χ1) is 10.5. The largest absolute Gasteiger partial charge is 0.402 e. The fourth-order valence-electron chi connectivity index (χ4n) is 2.04. The van der Waals surface area contributed by atoms with E-state index in [0.29, 0.717) is 0 Å². The fraction of sp³-hybridized carbons (Fsp3) is 0.368. The van der Waals surface area contributed by atoms with Gasteiger partial charge >= 0.3 is 6.18 Å². The van der Waals surface area contributed by atoms with Crippen LogP contribution >= 0.6 is 0 Å². The SMILES string of the molecule is CC.CC.CC(c1ccccc1)(c1ccccc1)C(F)(F)F. The van der Waals surface area contributed by atoms with Gasteiger partial charge in [-0.1, -0.05) is 88.4 Å². The summed E-state index contributed by atoms with van der Waals surface area (Å²) in [6.07, 6.45) is -4.34.